The Morgan fingerprint density at radius 3 is 2.44 bits per heavy atom. The molecule has 3 heterocycles. The van der Waals surface area contributed by atoms with Gasteiger partial charge in [-0.15, -0.1) is 0 Å². The van der Waals surface area contributed by atoms with Crippen molar-refractivity contribution in [1.82, 2.24) is 35.1 Å². The fourth-order valence-electron chi connectivity index (χ4n) is 7.03. The van der Waals surface area contributed by atoms with Gasteiger partial charge in [0.1, 0.15) is 30.5 Å². The minimum absolute atomic E-state index is 0.00455. The highest BCUT2D eigenvalue weighted by atomic mass is 16.5. The van der Waals surface area contributed by atoms with Crippen LogP contribution in [0.2, 0.25) is 0 Å². The maximum Gasteiger partial charge on any atom is 0.407 e. The molecule has 1 aliphatic rings. The molecule has 0 radical (unpaired) electrons. The summed E-state index contributed by atoms with van der Waals surface area (Å²) in [5.74, 6) is 2.19. The van der Waals surface area contributed by atoms with E-state index < -0.39 is 6.09 Å². The van der Waals surface area contributed by atoms with Crippen molar-refractivity contribution in [3.05, 3.63) is 65.9 Å². The van der Waals surface area contributed by atoms with E-state index in [1.165, 1.54) is 7.11 Å². The third-order valence-electron chi connectivity index (χ3n) is 10.2. The van der Waals surface area contributed by atoms with Crippen LogP contribution in [-0.2, 0) is 34.0 Å². The number of H-pyrrole nitrogens is 2. The van der Waals surface area contributed by atoms with Crippen LogP contribution in [0.15, 0.2) is 48.7 Å². The second-order valence-electron chi connectivity index (χ2n) is 13.5. The number of carbonyl (C=O) groups is 3. The van der Waals surface area contributed by atoms with Crippen LogP contribution in [0.1, 0.15) is 83.9 Å². The van der Waals surface area contributed by atoms with E-state index >= 15 is 0 Å². The molecule has 12 nitrogen and oxygen atoms in total. The quantitative estimate of drug-likeness (QED) is 0.109. The molecule has 3 N–H and O–H groups in total. The van der Waals surface area contributed by atoms with Gasteiger partial charge in [0.15, 0.2) is 0 Å². The maximum absolute atomic E-state index is 13.1. The van der Waals surface area contributed by atoms with Gasteiger partial charge in [-0.3, -0.25) is 9.59 Å². The Labute approximate surface area is 304 Å². The van der Waals surface area contributed by atoms with E-state index in [2.05, 4.69) is 81.3 Å². The van der Waals surface area contributed by atoms with Crippen molar-refractivity contribution in [3.8, 4) is 28.1 Å². The third-order valence-corrected chi connectivity index (χ3v) is 10.2. The molecule has 5 aromatic rings. The summed E-state index contributed by atoms with van der Waals surface area (Å²) in [4.78, 5) is 57.8. The number of methoxy groups -OCH3 is 1. The molecule has 274 valence electrons. The van der Waals surface area contributed by atoms with E-state index in [-0.39, 0.29) is 30.4 Å². The number of aromatic nitrogens is 4. The van der Waals surface area contributed by atoms with Crippen LogP contribution >= 0.6 is 0 Å². The summed E-state index contributed by atoms with van der Waals surface area (Å²) in [6.45, 7) is 11.3. The standard InChI is InChI=1S/C40H49N7O5/c1-7-11-37(48)46(24(5)8-2)22-36-43-32-15-13-25-17-31-29-14-12-26(16-27(29)23-52-34(31)18-30(25)39(32)45-36)33-19-41-35(44-33)21-47(28(9-3)10-4)38(49)20-42-40(50)51-6/h12-19,24,28H,7-11,20-23H2,1-6H3,(H,41,44)(H,42,50)(H,43,45)/t24-/m0/s1. The molecule has 0 fully saturated rings. The van der Waals surface area contributed by atoms with Crippen molar-refractivity contribution in [2.75, 3.05) is 13.7 Å². The van der Waals surface area contributed by atoms with E-state index in [1.807, 2.05) is 25.7 Å². The topological polar surface area (TPSA) is 146 Å². The molecule has 0 aliphatic carbocycles. The molecule has 12 heteroatoms. The Balaban J connectivity index is 1.24. The van der Waals surface area contributed by atoms with Crippen LogP contribution in [0.5, 0.6) is 5.75 Å². The number of alkyl carbamates (subject to hydrolysis) is 1. The predicted octanol–water partition coefficient (Wildman–Crippen LogP) is 7.47. The zero-order valence-corrected chi connectivity index (χ0v) is 31.0. The van der Waals surface area contributed by atoms with Gasteiger partial charge in [0.2, 0.25) is 11.8 Å². The number of carbonyl (C=O) groups excluding carboxylic acids is 3. The number of aromatic amines is 2. The summed E-state index contributed by atoms with van der Waals surface area (Å²) in [5, 5.41) is 4.55. The van der Waals surface area contributed by atoms with Crippen molar-refractivity contribution in [2.45, 2.75) is 98.5 Å². The lowest BCUT2D eigenvalue weighted by Gasteiger charge is -2.30. The first-order valence-electron chi connectivity index (χ1n) is 18.3. The largest absolute Gasteiger partial charge is 0.488 e. The summed E-state index contributed by atoms with van der Waals surface area (Å²) in [6.07, 6.45) is 4.93. The Morgan fingerprint density at radius 1 is 0.923 bits per heavy atom. The molecule has 1 atom stereocenters. The number of fused-ring (bicyclic) bond motifs is 6. The van der Waals surface area contributed by atoms with Crippen molar-refractivity contribution < 1.29 is 23.9 Å². The SMILES string of the molecule is CCCC(=O)N(Cc1nc2c(ccc3cc4c(cc32)OCc2cc(-c3cnc(CN(C(=O)CNC(=O)OC)C(CC)CC)[nH]3)ccc2-4)[nH]1)[C@@H](C)CC. The number of nitrogens with zero attached hydrogens (tertiary/aromatic N) is 4. The Morgan fingerprint density at radius 2 is 1.71 bits per heavy atom. The number of imidazole rings is 2. The smallest absolute Gasteiger partial charge is 0.407 e. The van der Waals surface area contributed by atoms with Gasteiger partial charge < -0.3 is 34.6 Å². The van der Waals surface area contributed by atoms with Crippen LogP contribution in [0.25, 0.3) is 44.2 Å². The zero-order chi connectivity index (χ0) is 36.9. The second kappa shape index (κ2) is 15.9. The lowest BCUT2D eigenvalue weighted by atomic mass is 9.92. The third kappa shape index (κ3) is 7.46. The fraction of sp³-hybridized carbons (Fsp3) is 0.425. The molecule has 0 saturated heterocycles. The lowest BCUT2D eigenvalue weighted by Crippen LogP contribution is -2.45. The minimum atomic E-state index is -0.643. The van der Waals surface area contributed by atoms with E-state index in [9.17, 15) is 14.4 Å². The fourth-order valence-corrected chi connectivity index (χ4v) is 7.03. The van der Waals surface area contributed by atoms with Crippen LogP contribution in [-0.4, -0.2) is 73.4 Å². The number of hydrogen-bond donors (Lipinski definition) is 3. The van der Waals surface area contributed by atoms with Gasteiger partial charge in [0, 0.05) is 29.5 Å². The molecular formula is C40H49N7O5. The molecular weight excluding hydrogens is 658 g/mol. The van der Waals surface area contributed by atoms with E-state index in [1.54, 1.807) is 11.1 Å². The zero-order valence-electron chi connectivity index (χ0n) is 31.0. The van der Waals surface area contributed by atoms with E-state index in [0.29, 0.717) is 31.9 Å². The van der Waals surface area contributed by atoms with Gasteiger partial charge in [-0.1, -0.05) is 45.9 Å². The molecule has 0 saturated carbocycles. The number of ether oxygens (including phenoxy) is 2. The summed E-state index contributed by atoms with van der Waals surface area (Å²) in [6, 6.07) is 14.9. The van der Waals surface area contributed by atoms with Crippen molar-refractivity contribution in [2.24, 2.45) is 0 Å². The Hall–Kier alpha value is -5.39. The lowest BCUT2D eigenvalue weighted by molar-refractivity contribution is -0.134. The monoisotopic (exact) mass is 707 g/mol. The number of hydrogen-bond acceptors (Lipinski definition) is 7. The average Bonchev–Trinajstić information content (AvgIpc) is 3.82. The van der Waals surface area contributed by atoms with Gasteiger partial charge in [0.05, 0.1) is 43.1 Å². The number of nitrogens with one attached hydrogen (secondary N) is 3. The summed E-state index contributed by atoms with van der Waals surface area (Å²) >= 11 is 0. The van der Waals surface area contributed by atoms with Crippen LogP contribution in [0.3, 0.4) is 0 Å². The molecule has 0 bridgehead atoms. The van der Waals surface area contributed by atoms with Crippen molar-refractivity contribution in [3.63, 3.8) is 0 Å². The molecule has 1 aliphatic heterocycles. The maximum atomic E-state index is 13.1. The first kappa shape index (κ1) is 36.4. The average molecular weight is 708 g/mol. The molecule has 0 spiro atoms. The molecule has 3 aromatic carbocycles. The van der Waals surface area contributed by atoms with Crippen LogP contribution in [0, 0.1) is 0 Å². The number of rotatable bonds is 14. The molecule has 52 heavy (non-hydrogen) atoms. The Bertz CT molecular complexity index is 2080. The second-order valence-corrected chi connectivity index (χ2v) is 13.5. The highest BCUT2D eigenvalue weighted by Crippen LogP contribution is 2.42. The molecule has 3 amide bonds. The first-order chi connectivity index (χ1) is 25.2. The molecule has 0 unspecified atom stereocenters. The van der Waals surface area contributed by atoms with Gasteiger partial charge in [-0.25, -0.2) is 14.8 Å². The van der Waals surface area contributed by atoms with Crippen molar-refractivity contribution >= 4 is 39.7 Å². The Kier molecular flexibility index (Phi) is 11.1. The molecule has 2 aromatic heterocycles. The van der Waals surface area contributed by atoms with Crippen molar-refractivity contribution in [1.29, 1.82) is 0 Å². The normalized spacial score (nSPS) is 12.7. The van der Waals surface area contributed by atoms with Gasteiger partial charge >= 0.3 is 6.09 Å². The highest BCUT2D eigenvalue weighted by molar-refractivity contribution is 6.07. The van der Waals surface area contributed by atoms with Gasteiger partial charge in [0.25, 0.3) is 0 Å². The van der Waals surface area contributed by atoms with Crippen LogP contribution in [0.4, 0.5) is 4.79 Å². The van der Waals surface area contributed by atoms with Crippen LogP contribution < -0.4 is 10.1 Å². The summed E-state index contributed by atoms with van der Waals surface area (Å²) < 4.78 is 11.0. The van der Waals surface area contributed by atoms with Gasteiger partial charge in [-0.2, -0.15) is 0 Å². The number of amides is 3. The van der Waals surface area contributed by atoms with Gasteiger partial charge in [-0.05, 0) is 78.9 Å². The minimum Gasteiger partial charge on any atom is -0.488 e. The molecule has 6 rings (SSSR count). The first-order valence-corrected chi connectivity index (χ1v) is 18.3. The predicted molar refractivity (Wildman–Crippen MR) is 201 cm³/mol. The van der Waals surface area contributed by atoms with E-state index in [0.717, 1.165) is 87.0 Å². The summed E-state index contributed by atoms with van der Waals surface area (Å²) in [7, 11) is 1.27. The number of benzene rings is 3. The highest BCUT2D eigenvalue weighted by Gasteiger charge is 2.25. The van der Waals surface area contributed by atoms with E-state index in [4.69, 9.17) is 9.72 Å². The summed E-state index contributed by atoms with van der Waals surface area (Å²) in [5.41, 5.74) is 6.80.